The first kappa shape index (κ1) is 43.4. The van der Waals surface area contributed by atoms with Crippen LogP contribution in [-0.2, 0) is 37.9 Å². The van der Waals surface area contributed by atoms with Crippen LogP contribution in [0.25, 0.3) is 10.4 Å². The van der Waals surface area contributed by atoms with Crippen LogP contribution in [0.3, 0.4) is 0 Å². The van der Waals surface area contributed by atoms with Crippen molar-refractivity contribution in [1.29, 1.82) is 0 Å². The normalized spacial score (nSPS) is 26.1. The van der Waals surface area contributed by atoms with Crippen LogP contribution in [0, 0.1) is 11.8 Å². The van der Waals surface area contributed by atoms with Crippen molar-refractivity contribution in [3.63, 3.8) is 0 Å². The minimum absolute atomic E-state index is 0.135. The lowest BCUT2D eigenvalue weighted by Crippen LogP contribution is -2.63. The average molecular weight is 824 g/mol. The van der Waals surface area contributed by atoms with Crippen LogP contribution in [0.1, 0.15) is 55.3 Å². The number of azide groups is 1. The Balaban J connectivity index is 1.38. The highest BCUT2D eigenvalue weighted by Crippen LogP contribution is 2.36. The molecular weight excluding hydrogens is 778 g/mol. The minimum Gasteiger partial charge on any atom is -0.453 e. The Bertz CT molecular complexity index is 2070. The van der Waals surface area contributed by atoms with Crippen molar-refractivity contribution in [1.82, 2.24) is 0 Å². The molecule has 0 aliphatic carbocycles. The number of rotatable bonds is 16. The number of carbonyl (C=O) groups excluding carboxylic acids is 4. The summed E-state index contributed by atoms with van der Waals surface area (Å²) < 4.78 is 49.2. The van der Waals surface area contributed by atoms with E-state index in [0.717, 1.165) is 0 Å². The van der Waals surface area contributed by atoms with E-state index in [-0.39, 0.29) is 48.3 Å². The maximum atomic E-state index is 13.9. The minimum atomic E-state index is -1.60. The maximum Gasteiger partial charge on any atom is 0.338 e. The number of ether oxygens (including phenoxy) is 8. The van der Waals surface area contributed by atoms with Gasteiger partial charge in [-0.1, -0.05) is 91.8 Å². The maximum absolute atomic E-state index is 13.9. The molecule has 314 valence electrons. The van der Waals surface area contributed by atoms with Crippen LogP contribution in [0.4, 0.5) is 0 Å². The van der Waals surface area contributed by atoms with Crippen molar-refractivity contribution in [2.45, 2.75) is 63.1 Å². The van der Waals surface area contributed by atoms with Crippen molar-refractivity contribution in [2.24, 2.45) is 17.0 Å². The zero-order valence-corrected chi connectivity index (χ0v) is 32.8. The molecule has 0 saturated carbocycles. The molecule has 2 fully saturated rings. The molecule has 60 heavy (non-hydrogen) atoms. The van der Waals surface area contributed by atoms with Gasteiger partial charge in [-0.2, -0.15) is 0 Å². The first-order chi connectivity index (χ1) is 29.2. The van der Waals surface area contributed by atoms with Gasteiger partial charge in [-0.25, -0.2) is 19.2 Å². The van der Waals surface area contributed by atoms with Crippen LogP contribution >= 0.6 is 0 Å². The fraction of sp³-hybridized carbons (Fsp3) is 0.364. The first-order valence-corrected chi connectivity index (χ1v) is 19.4. The fourth-order valence-electron chi connectivity index (χ4n) is 6.82. The van der Waals surface area contributed by atoms with Gasteiger partial charge >= 0.3 is 23.9 Å². The third-order valence-corrected chi connectivity index (χ3v) is 10.3. The van der Waals surface area contributed by atoms with E-state index < -0.39 is 79.7 Å². The predicted molar refractivity (Wildman–Crippen MR) is 211 cm³/mol. The summed E-state index contributed by atoms with van der Waals surface area (Å²) in [6.45, 7) is 2.48. The number of esters is 4. The van der Waals surface area contributed by atoms with Gasteiger partial charge in [0.05, 0.1) is 48.2 Å². The molecule has 4 aromatic rings. The predicted octanol–water partition coefficient (Wildman–Crippen LogP) is 5.95. The Hall–Kier alpha value is -6.13. The lowest BCUT2D eigenvalue weighted by molar-refractivity contribution is -0.320. The van der Waals surface area contributed by atoms with Gasteiger partial charge in [-0.3, -0.25) is 0 Å². The number of carbonyl (C=O) groups is 4. The van der Waals surface area contributed by atoms with Gasteiger partial charge in [0.15, 0.2) is 37.0 Å². The molecule has 0 aromatic heterocycles. The standard InChI is InChI=1S/C44H45N3O13/c1-27-28(2)35(57-39(49)29-15-7-3-8-16-29)43(55-33(27)25-48)54-26-34-36(58-40(50)30-17-9-4-10-18-30)37(59-41(51)31-19-11-5-12-20-31)38(44(56-34)53-24-23-46-47-45)60-42(52)32-21-13-6-14-22-32/h3-22,27-28,33-38,43-44,48H,23-26H2,1-2H3/t27-,28-,33+,34+,35+,36+,37-,38+,43+,44+/m0/s1. The third-order valence-electron chi connectivity index (χ3n) is 10.3. The lowest BCUT2D eigenvalue weighted by atomic mass is 9.83. The van der Waals surface area contributed by atoms with E-state index in [1.165, 1.54) is 36.4 Å². The van der Waals surface area contributed by atoms with Crippen molar-refractivity contribution in [3.05, 3.63) is 154 Å². The van der Waals surface area contributed by atoms with Crippen LogP contribution < -0.4 is 0 Å². The van der Waals surface area contributed by atoms with E-state index in [1.807, 2.05) is 13.8 Å². The highest BCUT2D eigenvalue weighted by molar-refractivity contribution is 5.91. The summed E-state index contributed by atoms with van der Waals surface area (Å²) in [4.78, 5) is 57.5. The Morgan fingerprint density at radius 1 is 0.567 bits per heavy atom. The van der Waals surface area contributed by atoms with Crippen molar-refractivity contribution in [2.75, 3.05) is 26.4 Å². The Morgan fingerprint density at radius 3 is 1.42 bits per heavy atom. The van der Waals surface area contributed by atoms with Crippen molar-refractivity contribution >= 4 is 23.9 Å². The van der Waals surface area contributed by atoms with Gasteiger partial charge in [0.2, 0.25) is 0 Å². The van der Waals surface area contributed by atoms with Gasteiger partial charge in [0.25, 0.3) is 0 Å². The molecule has 2 aliphatic heterocycles. The molecule has 1 N–H and O–H groups in total. The molecule has 2 saturated heterocycles. The molecule has 0 spiro atoms. The Labute approximate surface area is 345 Å². The van der Waals surface area contributed by atoms with Crippen molar-refractivity contribution in [3.8, 4) is 0 Å². The van der Waals surface area contributed by atoms with E-state index >= 15 is 0 Å². The average Bonchev–Trinajstić information content (AvgIpc) is 3.29. The molecular formula is C44H45N3O13. The Morgan fingerprint density at radius 2 is 0.967 bits per heavy atom. The van der Waals surface area contributed by atoms with Gasteiger partial charge in [-0.15, -0.1) is 0 Å². The quantitative estimate of drug-likeness (QED) is 0.0346. The van der Waals surface area contributed by atoms with Crippen LogP contribution in [0.15, 0.2) is 126 Å². The number of hydrogen-bond acceptors (Lipinski definition) is 14. The van der Waals surface area contributed by atoms with Gasteiger partial charge in [0, 0.05) is 17.4 Å². The summed E-state index contributed by atoms with van der Waals surface area (Å²) in [7, 11) is 0. The number of benzene rings is 4. The molecule has 16 heteroatoms. The number of aliphatic hydroxyl groups excluding tert-OH is 1. The fourth-order valence-corrected chi connectivity index (χ4v) is 6.82. The summed E-state index contributed by atoms with van der Waals surface area (Å²) >= 11 is 0. The topological polar surface area (TPSA) is 211 Å². The van der Waals surface area contributed by atoms with Crippen LogP contribution in [0.2, 0.25) is 0 Å². The molecule has 2 heterocycles. The molecule has 10 atom stereocenters. The lowest BCUT2D eigenvalue weighted by Gasteiger charge is -2.46. The SMILES string of the molecule is C[C@H]1[C@H](C)[C@@H](CO)O[C@@H](OC[C@H]2O[C@@H](OCCN=[N+]=[N-])[C@H](OC(=O)c3ccccc3)[C@@H](OC(=O)c3ccccc3)[C@@H]2OC(=O)c2ccccc2)[C@@H]1OC(=O)c1ccccc1. The van der Waals surface area contributed by atoms with E-state index in [1.54, 1.807) is 84.9 Å². The van der Waals surface area contributed by atoms with E-state index in [4.69, 9.17) is 43.4 Å². The van der Waals surface area contributed by atoms with Gasteiger partial charge < -0.3 is 43.0 Å². The monoisotopic (exact) mass is 823 g/mol. The van der Waals surface area contributed by atoms with E-state index in [0.29, 0.717) is 5.56 Å². The molecule has 4 aromatic carbocycles. The third kappa shape index (κ3) is 10.9. The van der Waals surface area contributed by atoms with Gasteiger partial charge in [-0.05, 0) is 60.0 Å². The summed E-state index contributed by atoms with van der Waals surface area (Å²) in [5.74, 6) is -3.82. The van der Waals surface area contributed by atoms with Crippen LogP contribution in [0.5, 0.6) is 0 Å². The molecule has 16 nitrogen and oxygen atoms in total. The largest absolute Gasteiger partial charge is 0.453 e. The second-order valence-corrected chi connectivity index (χ2v) is 14.1. The highest BCUT2D eigenvalue weighted by atomic mass is 16.8. The Kier molecular flexibility index (Phi) is 15.4. The van der Waals surface area contributed by atoms with Crippen LogP contribution in [-0.4, -0.2) is 105 Å². The smallest absolute Gasteiger partial charge is 0.338 e. The molecule has 0 unspecified atom stereocenters. The zero-order chi connectivity index (χ0) is 42.4. The molecule has 0 amide bonds. The molecule has 0 radical (unpaired) electrons. The number of hydrogen-bond donors (Lipinski definition) is 1. The second kappa shape index (κ2) is 21.2. The van der Waals surface area contributed by atoms with E-state index in [9.17, 15) is 24.3 Å². The first-order valence-electron chi connectivity index (χ1n) is 19.4. The highest BCUT2D eigenvalue weighted by Gasteiger charge is 2.54. The number of nitrogens with zero attached hydrogens (tertiary/aromatic N) is 3. The van der Waals surface area contributed by atoms with Crippen molar-refractivity contribution < 1.29 is 62.2 Å². The second-order valence-electron chi connectivity index (χ2n) is 14.1. The zero-order valence-electron chi connectivity index (χ0n) is 32.8. The number of aliphatic hydroxyl groups is 1. The molecule has 2 aliphatic rings. The summed E-state index contributed by atoms with van der Waals surface area (Å²) in [6, 6.07) is 32.4. The van der Waals surface area contributed by atoms with E-state index in [2.05, 4.69) is 10.0 Å². The summed E-state index contributed by atoms with van der Waals surface area (Å²) in [5, 5.41) is 13.8. The summed E-state index contributed by atoms with van der Waals surface area (Å²) in [6.07, 6.45) is -10.6. The molecule has 0 bridgehead atoms. The molecule has 6 rings (SSSR count). The van der Waals surface area contributed by atoms with Gasteiger partial charge in [0.1, 0.15) is 6.10 Å². The summed E-state index contributed by atoms with van der Waals surface area (Å²) in [5.41, 5.74) is 9.65.